The van der Waals surface area contributed by atoms with E-state index in [1.165, 1.54) is 0 Å². The van der Waals surface area contributed by atoms with E-state index in [9.17, 15) is 0 Å². The molecule has 0 amide bonds. The van der Waals surface area contributed by atoms with Gasteiger partial charge in [0.2, 0.25) is 0 Å². The van der Waals surface area contributed by atoms with Crippen LogP contribution in [0.15, 0.2) is 215 Å². The molecule has 0 aliphatic heterocycles. The second-order valence-electron chi connectivity index (χ2n) is 15.9. The molecule has 0 saturated carbocycles. The highest BCUT2D eigenvalue weighted by molar-refractivity contribution is 6.15. The molecule has 4 heterocycles. The second kappa shape index (κ2) is 14.0. The fraction of sp³-hybridized carbons (Fsp3) is 0. The number of nitrogens with zero attached hydrogens (tertiary/aromatic N) is 4. The van der Waals surface area contributed by atoms with Crippen molar-refractivity contribution in [3.63, 3.8) is 0 Å². The van der Waals surface area contributed by atoms with Crippen LogP contribution in [0.1, 0.15) is 0 Å². The van der Waals surface area contributed by atoms with Gasteiger partial charge in [0.1, 0.15) is 22.3 Å². The van der Waals surface area contributed by atoms with Crippen LogP contribution >= 0.6 is 0 Å². The molecule has 9 aromatic carbocycles. The van der Waals surface area contributed by atoms with Gasteiger partial charge in [0, 0.05) is 65.8 Å². The lowest BCUT2D eigenvalue weighted by molar-refractivity contribution is 0.669. The van der Waals surface area contributed by atoms with Crippen LogP contribution in [0.4, 0.5) is 0 Å². The Morgan fingerprint density at radius 3 is 1.25 bits per heavy atom. The first kappa shape index (κ1) is 35.2. The zero-order valence-corrected chi connectivity index (χ0v) is 33.7. The molecule has 0 bridgehead atoms. The van der Waals surface area contributed by atoms with Gasteiger partial charge in [-0.15, -0.1) is 0 Å². The Morgan fingerprint density at radius 1 is 0.302 bits per heavy atom. The molecule has 0 saturated heterocycles. The molecule has 0 N–H and O–H groups in total. The van der Waals surface area contributed by atoms with E-state index in [1.807, 2.05) is 84.9 Å². The molecule has 6 nitrogen and oxygen atoms in total. The molecule has 13 aromatic rings. The number of aromatic nitrogens is 4. The van der Waals surface area contributed by atoms with Crippen molar-refractivity contribution in [3.8, 4) is 62.1 Å². The van der Waals surface area contributed by atoms with Gasteiger partial charge in [0.25, 0.3) is 0 Å². The Morgan fingerprint density at radius 2 is 0.730 bits per heavy atom. The predicted molar refractivity (Wildman–Crippen MR) is 256 cm³/mol. The molecule has 63 heavy (non-hydrogen) atoms. The quantitative estimate of drug-likeness (QED) is 0.167. The van der Waals surface area contributed by atoms with Crippen molar-refractivity contribution in [1.82, 2.24) is 19.5 Å². The van der Waals surface area contributed by atoms with Gasteiger partial charge in [-0.1, -0.05) is 158 Å². The van der Waals surface area contributed by atoms with E-state index in [1.54, 1.807) is 0 Å². The van der Waals surface area contributed by atoms with Crippen LogP contribution in [-0.2, 0) is 0 Å². The highest BCUT2D eigenvalue weighted by Gasteiger charge is 2.20. The fourth-order valence-corrected chi connectivity index (χ4v) is 9.31. The van der Waals surface area contributed by atoms with Crippen LogP contribution in [-0.4, -0.2) is 19.5 Å². The average molecular weight is 807 g/mol. The van der Waals surface area contributed by atoms with E-state index in [4.69, 9.17) is 23.8 Å². The standard InChI is InChI=1S/C57H34N4O2/c1-3-14-35(15-4-1)55-58-56(36-16-5-2-6-17-36)60-57(59-55)39-18-11-19-40(32-39)61-49-30-28-37(41-22-12-24-45-43-20-7-9-26-51(43)62-53(41)45)33-47(49)48-34-38(29-31-50(48)61)42-23-13-25-46-44-21-8-10-27-52(44)63-54(42)46/h1-34H. The normalized spacial score (nSPS) is 11.8. The summed E-state index contributed by atoms with van der Waals surface area (Å²) in [5.74, 6) is 1.86. The fourth-order valence-electron chi connectivity index (χ4n) is 9.31. The lowest BCUT2D eigenvalue weighted by Gasteiger charge is -2.12. The molecule has 0 fully saturated rings. The van der Waals surface area contributed by atoms with Gasteiger partial charge in [-0.05, 0) is 59.7 Å². The zero-order valence-electron chi connectivity index (χ0n) is 33.7. The number of hydrogen-bond acceptors (Lipinski definition) is 5. The number of benzene rings is 9. The lowest BCUT2D eigenvalue weighted by atomic mass is 9.98. The summed E-state index contributed by atoms with van der Waals surface area (Å²) in [7, 11) is 0. The van der Waals surface area contributed by atoms with Crippen molar-refractivity contribution in [3.05, 3.63) is 206 Å². The molecule has 0 unspecified atom stereocenters. The van der Waals surface area contributed by atoms with Crippen molar-refractivity contribution < 1.29 is 8.83 Å². The number of hydrogen-bond donors (Lipinski definition) is 0. The maximum atomic E-state index is 6.55. The van der Waals surface area contributed by atoms with E-state index in [0.717, 1.165) is 110 Å². The van der Waals surface area contributed by atoms with Crippen molar-refractivity contribution in [2.75, 3.05) is 0 Å². The van der Waals surface area contributed by atoms with E-state index >= 15 is 0 Å². The maximum absolute atomic E-state index is 6.55. The van der Waals surface area contributed by atoms with Gasteiger partial charge >= 0.3 is 0 Å². The van der Waals surface area contributed by atoms with E-state index in [0.29, 0.717) is 17.5 Å². The van der Waals surface area contributed by atoms with Crippen molar-refractivity contribution >= 4 is 65.7 Å². The summed E-state index contributed by atoms with van der Waals surface area (Å²) in [6.45, 7) is 0. The Kier molecular flexibility index (Phi) is 7.80. The van der Waals surface area contributed by atoms with Crippen molar-refractivity contribution in [2.45, 2.75) is 0 Å². The molecule has 0 atom stereocenters. The van der Waals surface area contributed by atoms with Crippen LogP contribution in [0, 0.1) is 0 Å². The third-order valence-electron chi connectivity index (χ3n) is 12.3. The third-order valence-corrected chi connectivity index (χ3v) is 12.3. The van der Waals surface area contributed by atoms with Gasteiger partial charge in [0.15, 0.2) is 17.5 Å². The molecule has 294 valence electrons. The molecule has 0 spiro atoms. The summed E-state index contributed by atoms with van der Waals surface area (Å²) >= 11 is 0. The number of furan rings is 2. The number of fused-ring (bicyclic) bond motifs is 9. The smallest absolute Gasteiger partial charge is 0.164 e. The van der Waals surface area contributed by atoms with Crippen molar-refractivity contribution in [1.29, 1.82) is 0 Å². The maximum Gasteiger partial charge on any atom is 0.164 e. The molecule has 0 aliphatic carbocycles. The second-order valence-corrected chi connectivity index (χ2v) is 15.9. The average Bonchev–Trinajstić information content (AvgIpc) is 4.04. The minimum atomic E-state index is 0.604. The summed E-state index contributed by atoms with van der Waals surface area (Å²) in [6.07, 6.45) is 0. The predicted octanol–water partition coefficient (Wildman–Crippen LogP) is 15.1. The number of rotatable bonds is 6. The minimum absolute atomic E-state index is 0.604. The molecular weight excluding hydrogens is 773 g/mol. The molecule has 13 rings (SSSR count). The zero-order chi connectivity index (χ0) is 41.4. The number of para-hydroxylation sites is 4. The summed E-state index contributed by atoms with van der Waals surface area (Å²) < 4.78 is 15.5. The first-order valence-corrected chi connectivity index (χ1v) is 21.1. The SMILES string of the molecule is c1ccc(-c2nc(-c3ccccc3)nc(-c3cccc(-n4c5ccc(-c6cccc7c6oc6ccccc67)cc5c5cc(-c6cccc7c6oc6ccccc67)ccc54)c3)n2)cc1. The molecule has 0 radical (unpaired) electrons. The van der Waals surface area contributed by atoms with Crippen molar-refractivity contribution in [2.24, 2.45) is 0 Å². The Hall–Kier alpha value is -8.61. The Labute approximate surface area is 361 Å². The van der Waals surface area contributed by atoms with Gasteiger partial charge in [0.05, 0.1) is 11.0 Å². The van der Waals surface area contributed by atoms with Gasteiger partial charge < -0.3 is 13.4 Å². The Bertz CT molecular complexity index is 3690. The van der Waals surface area contributed by atoms with Crippen LogP contribution in [0.3, 0.4) is 0 Å². The van der Waals surface area contributed by atoms with Crippen LogP contribution in [0.2, 0.25) is 0 Å². The third kappa shape index (κ3) is 5.69. The molecular formula is C57H34N4O2. The minimum Gasteiger partial charge on any atom is -0.455 e. The van der Waals surface area contributed by atoms with Gasteiger partial charge in [-0.3, -0.25) is 0 Å². The highest BCUT2D eigenvalue weighted by Crippen LogP contribution is 2.42. The van der Waals surface area contributed by atoms with Crippen LogP contribution in [0.25, 0.3) is 128 Å². The van der Waals surface area contributed by atoms with E-state index in [2.05, 4.69) is 126 Å². The summed E-state index contributed by atoms with van der Waals surface area (Å²) in [6, 6.07) is 71.6. The largest absolute Gasteiger partial charge is 0.455 e. The monoisotopic (exact) mass is 806 g/mol. The van der Waals surface area contributed by atoms with Gasteiger partial charge in [-0.2, -0.15) is 0 Å². The van der Waals surface area contributed by atoms with Crippen LogP contribution < -0.4 is 0 Å². The molecule has 4 aromatic heterocycles. The first-order chi connectivity index (χ1) is 31.2. The highest BCUT2D eigenvalue weighted by atomic mass is 16.3. The molecule has 0 aliphatic rings. The topological polar surface area (TPSA) is 69.9 Å². The van der Waals surface area contributed by atoms with Gasteiger partial charge in [-0.25, -0.2) is 15.0 Å². The lowest BCUT2D eigenvalue weighted by Crippen LogP contribution is -2.01. The summed E-state index contributed by atoms with van der Waals surface area (Å²) in [5.41, 5.74) is 13.7. The van der Waals surface area contributed by atoms with E-state index in [-0.39, 0.29) is 0 Å². The Balaban J connectivity index is 1.03. The first-order valence-electron chi connectivity index (χ1n) is 21.1. The molecule has 6 heteroatoms. The summed E-state index contributed by atoms with van der Waals surface area (Å²) in [4.78, 5) is 15.1. The van der Waals surface area contributed by atoms with Crippen LogP contribution in [0.5, 0.6) is 0 Å². The summed E-state index contributed by atoms with van der Waals surface area (Å²) in [5, 5.41) is 6.68. The van der Waals surface area contributed by atoms with E-state index < -0.39 is 0 Å².